The van der Waals surface area contributed by atoms with E-state index < -0.39 is 17.9 Å². The van der Waals surface area contributed by atoms with Gasteiger partial charge in [0.15, 0.2) is 0 Å². The van der Waals surface area contributed by atoms with Crippen LogP contribution in [0.3, 0.4) is 0 Å². The van der Waals surface area contributed by atoms with E-state index in [9.17, 15) is 19.2 Å². The molecule has 1 amide bonds. The molecule has 148 valence electrons. The Morgan fingerprint density at radius 1 is 1.00 bits per heavy atom. The van der Waals surface area contributed by atoms with Crippen molar-refractivity contribution in [1.82, 2.24) is 0 Å². The molecule has 9 nitrogen and oxygen atoms in total. The van der Waals surface area contributed by atoms with Crippen molar-refractivity contribution < 1.29 is 33.4 Å². The van der Waals surface area contributed by atoms with Crippen LogP contribution in [0.25, 0.3) is 0 Å². The summed E-state index contributed by atoms with van der Waals surface area (Å²) >= 11 is 0.843. The van der Waals surface area contributed by atoms with Gasteiger partial charge in [0, 0.05) is 18.2 Å². The SMILES string of the molecule is COC(=O)c1sc(N)c(C(=O)OC)c1COC(=O)c1ccc(NC(C)=O)cc1. The summed E-state index contributed by atoms with van der Waals surface area (Å²) in [5.41, 5.74) is 6.64. The number of rotatable bonds is 6. The van der Waals surface area contributed by atoms with Crippen molar-refractivity contribution in [1.29, 1.82) is 0 Å². The molecule has 0 unspecified atom stereocenters. The number of nitrogens with one attached hydrogen (secondary N) is 1. The zero-order valence-corrected chi connectivity index (χ0v) is 16.2. The lowest BCUT2D eigenvalue weighted by Gasteiger charge is -2.08. The molecule has 0 spiro atoms. The van der Waals surface area contributed by atoms with E-state index in [0.29, 0.717) is 5.69 Å². The number of hydrogen-bond acceptors (Lipinski definition) is 9. The highest BCUT2D eigenvalue weighted by Crippen LogP contribution is 2.33. The minimum Gasteiger partial charge on any atom is -0.465 e. The third-order valence-electron chi connectivity index (χ3n) is 3.58. The predicted octanol–water partition coefficient (Wildman–Crippen LogP) is 2.22. The Kier molecular flexibility index (Phi) is 6.72. The molecular formula is C18H18N2O7S. The second kappa shape index (κ2) is 9.00. The van der Waals surface area contributed by atoms with Gasteiger partial charge in [-0.05, 0) is 24.3 Å². The molecule has 0 saturated carbocycles. The minimum atomic E-state index is -0.755. The van der Waals surface area contributed by atoms with Crippen LogP contribution in [0.1, 0.15) is 42.9 Å². The van der Waals surface area contributed by atoms with Crippen molar-refractivity contribution in [3.63, 3.8) is 0 Å². The van der Waals surface area contributed by atoms with Crippen LogP contribution in [0.5, 0.6) is 0 Å². The molecule has 0 aliphatic rings. The molecule has 0 radical (unpaired) electrons. The maximum atomic E-state index is 12.3. The predicted molar refractivity (Wildman–Crippen MR) is 101 cm³/mol. The van der Waals surface area contributed by atoms with E-state index in [1.807, 2.05) is 0 Å². The first-order valence-electron chi connectivity index (χ1n) is 7.91. The molecule has 0 aliphatic heterocycles. The zero-order valence-electron chi connectivity index (χ0n) is 15.4. The number of esters is 3. The van der Waals surface area contributed by atoms with Gasteiger partial charge in [0.05, 0.1) is 19.8 Å². The van der Waals surface area contributed by atoms with Gasteiger partial charge in [-0.15, -0.1) is 11.3 Å². The molecule has 0 fully saturated rings. The first-order chi connectivity index (χ1) is 13.3. The van der Waals surface area contributed by atoms with Crippen molar-refractivity contribution in [2.75, 3.05) is 25.3 Å². The second-order valence-electron chi connectivity index (χ2n) is 5.47. The minimum absolute atomic E-state index is 0.0401. The highest BCUT2D eigenvalue weighted by molar-refractivity contribution is 7.18. The standard InChI is InChI=1S/C18H18N2O7S/c1-9(21)20-11-6-4-10(5-7-11)16(22)27-8-12-13(17(23)25-2)15(19)28-14(12)18(24)26-3/h4-7H,8,19H2,1-3H3,(H,20,21). The highest BCUT2D eigenvalue weighted by Gasteiger charge is 2.28. The molecule has 0 saturated heterocycles. The number of thiophene rings is 1. The fraction of sp³-hybridized carbons (Fsp3) is 0.222. The Bertz CT molecular complexity index is 919. The van der Waals surface area contributed by atoms with E-state index in [1.165, 1.54) is 33.3 Å². The number of carbonyl (C=O) groups excluding carboxylic acids is 4. The second-order valence-corrected chi connectivity index (χ2v) is 6.52. The van der Waals surface area contributed by atoms with E-state index in [0.717, 1.165) is 11.3 Å². The average Bonchev–Trinajstić information content (AvgIpc) is 3.01. The highest BCUT2D eigenvalue weighted by atomic mass is 32.1. The van der Waals surface area contributed by atoms with E-state index in [2.05, 4.69) is 14.8 Å². The van der Waals surface area contributed by atoms with Crippen LogP contribution in [-0.4, -0.2) is 38.0 Å². The van der Waals surface area contributed by atoms with Crippen molar-refractivity contribution in [3.8, 4) is 0 Å². The first kappa shape index (κ1) is 20.9. The number of methoxy groups -OCH3 is 2. The maximum absolute atomic E-state index is 12.3. The number of hydrogen-bond donors (Lipinski definition) is 2. The Labute approximate surface area is 164 Å². The summed E-state index contributed by atoms with van der Waals surface area (Å²) in [7, 11) is 2.35. The topological polar surface area (TPSA) is 134 Å². The summed E-state index contributed by atoms with van der Waals surface area (Å²) in [4.78, 5) is 47.3. The number of amides is 1. The summed E-state index contributed by atoms with van der Waals surface area (Å²) < 4.78 is 14.6. The van der Waals surface area contributed by atoms with E-state index in [-0.39, 0.29) is 39.1 Å². The quantitative estimate of drug-likeness (QED) is 0.551. The summed E-state index contributed by atoms with van der Waals surface area (Å²) in [6.07, 6.45) is 0. The lowest BCUT2D eigenvalue weighted by molar-refractivity contribution is -0.114. The molecular weight excluding hydrogens is 388 g/mol. The van der Waals surface area contributed by atoms with Gasteiger partial charge in [0.25, 0.3) is 0 Å². The van der Waals surface area contributed by atoms with Gasteiger partial charge in [-0.2, -0.15) is 0 Å². The van der Waals surface area contributed by atoms with Gasteiger partial charge < -0.3 is 25.3 Å². The largest absolute Gasteiger partial charge is 0.465 e. The normalized spacial score (nSPS) is 10.1. The third kappa shape index (κ3) is 4.65. The molecule has 3 N–H and O–H groups in total. The van der Waals surface area contributed by atoms with Crippen LogP contribution >= 0.6 is 11.3 Å². The molecule has 0 bridgehead atoms. The van der Waals surface area contributed by atoms with Crippen LogP contribution in [-0.2, 0) is 25.6 Å². The summed E-state index contributed by atoms with van der Waals surface area (Å²) in [5.74, 6) is -2.39. The number of carbonyl (C=O) groups is 4. The number of nitrogens with two attached hydrogens (primary N) is 1. The van der Waals surface area contributed by atoms with Gasteiger partial charge in [-0.25, -0.2) is 14.4 Å². The number of benzene rings is 1. The maximum Gasteiger partial charge on any atom is 0.348 e. The van der Waals surface area contributed by atoms with E-state index in [4.69, 9.17) is 10.5 Å². The first-order valence-corrected chi connectivity index (χ1v) is 8.72. The lowest BCUT2D eigenvalue weighted by Crippen LogP contribution is -2.13. The monoisotopic (exact) mass is 406 g/mol. The molecule has 0 aliphatic carbocycles. The van der Waals surface area contributed by atoms with Crippen LogP contribution < -0.4 is 11.1 Å². The van der Waals surface area contributed by atoms with Crippen LogP contribution in [0.4, 0.5) is 10.7 Å². The van der Waals surface area contributed by atoms with Crippen molar-refractivity contribution in [2.24, 2.45) is 0 Å². The molecule has 1 aromatic heterocycles. The fourth-order valence-corrected chi connectivity index (χ4v) is 3.30. The van der Waals surface area contributed by atoms with Crippen molar-refractivity contribution in [2.45, 2.75) is 13.5 Å². The van der Waals surface area contributed by atoms with Crippen molar-refractivity contribution in [3.05, 3.63) is 45.8 Å². The van der Waals surface area contributed by atoms with E-state index in [1.54, 1.807) is 12.1 Å². The summed E-state index contributed by atoms with van der Waals surface area (Å²) in [6, 6.07) is 6.02. The molecule has 2 rings (SSSR count). The van der Waals surface area contributed by atoms with E-state index >= 15 is 0 Å². The fourth-order valence-electron chi connectivity index (χ4n) is 2.32. The lowest BCUT2D eigenvalue weighted by atomic mass is 10.1. The van der Waals surface area contributed by atoms with Crippen LogP contribution in [0, 0.1) is 0 Å². The Balaban J connectivity index is 2.23. The number of anilines is 2. The van der Waals surface area contributed by atoms with Crippen LogP contribution in [0.2, 0.25) is 0 Å². The summed E-state index contributed by atoms with van der Waals surface area (Å²) in [6.45, 7) is 0.987. The van der Waals surface area contributed by atoms with Gasteiger partial charge in [0.1, 0.15) is 22.0 Å². The van der Waals surface area contributed by atoms with Gasteiger partial charge in [0.2, 0.25) is 5.91 Å². The average molecular weight is 406 g/mol. The smallest absolute Gasteiger partial charge is 0.348 e. The molecule has 1 heterocycles. The number of ether oxygens (including phenoxy) is 3. The Morgan fingerprint density at radius 3 is 2.14 bits per heavy atom. The number of nitrogen functional groups attached to an aromatic ring is 1. The van der Waals surface area contributed by atoms with Crippen LogP contribution in [0.15, 0.2) is 24.3 Å². The van der Waals surface area contributed by atoms with Gasteiger partial charge in [-0.3, -0.25) is 4.79 Å². The van der Waals surface area contributed by atoms with Gasteiger partial charge >= 0.3 is 17.9 Å². The molecule has 1 aromatic carbocycles. The van der Waals surface area contributed by atoms with Crippen molar-refractivity contribution >= 4 is 45.8 Å². The molecule has 28 heavy (non-hydrogen) atoms. The Morgan fingerprint density at radius 2 is 1.61 bits per heavy atom. The zero-order chi connectivity index (χ0) is 20.8. The Hall–Kier alpha value is -3.40. The third-order valence-corrected chi connectivity index (χ3v) is 4.62. The molecule has 2 aromatic rings. The summed E-state index contributed by atoms with van der Waals surface area (Å²) in [5, 5.41) is 2.63. The van der Waals surface area contributed by atoms with Gasteiger partial charge in [-0.1, -0.05) is 0 Å². The molecule has 10 heteroatoms. The molecule has 0 atom stereocenters.